The molecule has 148 valence electrons. The van der Waals surface area contributed by atoms with Crippen LogP contribution in [0.5, 0.6) is 0 Å². The fourth-order valence-corrected chi connectivity index (χ4v) is 2.17. The molecule has 1 amide bonds. The first-order valence-corrected chi connectivity index (χ1v) is 8.84. The van der Waals surface area contributed by atoms with Crippen LogP contribution in [0.2, 0.25) is 0 Å². The van der Waals surface area contributed by atoms with E-state index in [1.807, 2.05) is 27.7 Å². The Morgan fingerprint density at radius 1 is 1.15 bits per heavy atom. The molecule has 26 heavy (non-hydrogen) atoms. The quantitative estimate of drug-likeness (QED) is 0.245. The van der Waals surface area contributed by atoms with E-state index in [9.17, 15) is 4.79 Å². The van der Waals surface area contributed by atoms with Crippen molar-refractivity contribution in [2.75, 3.05) is 26.2 Å². The Labute approximate surface area is 174 Å². The van der Waals surface area contributed by atoms with E-state index < -0.39 is 11.7 Å². The SMILES string of the molecule is CCNC(=NCCc1cccc(C)c1)NCCNC(=O)OC(C)(C)C.I. The molecular weight excluding hydrogens is 443 g/mol. The molecule has 0 fully saturated rings. The van der Waals surface area contributed by atoms with Gasteiger partial charge in [-0.2, -0.15) is 0 Å². The highest BCUT2D eigenvalue weighted by atomic mass is 127. The summed E-state index contributed by atoms with van der Waals surface area (Å²) in [7, 11) is 0. The summed E-state index contributed by atoms with van der Waals surface area (Å²) in [6.07, 6.45) is 0.490. The number of aliphatic imine (C=N–C) groups is 1. The summed E-state index contributed by atoms with van der Waals surface area (Å²) in [5, 5.41) is 9.13. The van der Waals surface area contributed by atoms with E-state index in [2.05, 4.69) is 52.1 Å². The monoisotopic (exact) mass is 476 g/mol. The number of nitrogens with one attached hydrogen (secondary N) is 3. The van der Waals surface area contributed by atoms with E-state index in [1.165, 1.54) is 11.1 Å². The molecule has 0 radical (unpaired) electrons. The van der Waals surface area contributed by atoms with Crippen molar-refractivity contribution in [2.24, 2.45) is 4.99 Å². The minimum atomic E-state index is -0.482. The highest BCUT2D eigenvalue weighted by molar-refractivity contribution is 14.0. The fraction of sp³-hybridized carbons (Fsp3) is 0.579. The number of nitrogens with zero attached hydrogens (tertiary/aromatic N) is 1. The standard InChI is InChI=1S/C19H32N4O2.HI/c1-6-20-17(21-11-10-16-9-7-8-15(2)14-16)22-12-13-23-18(24)25-19(3,4)5;/h7-9,14H,6,10-13H2,1-5H3,(H,23,24)(H2,20,21,22);1H. The van der Waals surface area contributed by atoms with Crippen molar-refractivity contribution >= 4 is 36.0 Å². The molecule has 1 aromatic carbocycles. The molecule has 0 saturated heterocycles. The molecule has 0 aliphatic heterocycles. The Kier molecular flexibility index (Phi) is 12.0. The lowest BCUT2D eigenvalue weighted by atomic mass is 10.1. The highest BCUT2D eigenvalue weighted by Crippen LogP contribution is 2.06. The molecule has 0 saturated carbocycles. The van der Waals surface area contributed by atoms with Crippen molar-refractivity contribution in [3.8, 4) is 0 Å². The van der Waals surface area contributed by atoms with Gasteiger partial charge < -0.3 is 20.7 Å². The Morgan fingerprint density at radius 2 is 1.85 bits per heavy atom. The number of carbonyl (C=O) groups is 1. The lowest BCUT2D eigenvalue weighted by molar-refractivity contribution is 0.0529. The maximum Gasteiger partial charge on any atom is 0.407 e. The van der Waals surface area contributed by atoms with Gasteiger partial charge in [-0.3, -0.25) is 4.99 Å². The van der Waals surface area contributed by atoms with Crippen LogP contribution in [-0.2, 0) is 11.2 Å². The number of carbonyl (C=O) groups excluding carboxylic acids is 1. The second kappa shape index (κ2) is 12.8. The van der Waals surface area contributed by atoms with Crippen molar-refractivity contribution in [3.05, 3.63) is 35.4 Å². The van der Waals surface area contributed by atoms with E-state index in [0.29, 0.717) is 19.6 Å². The molecule has 0 aliphatic rings. The van der Waals surface area contributed by atoms with Gasteiger partial charge in [0.25, 0.3) is 0 Å². The number of rotatable bonds is 7. The summed E-state index contributed by atoms with van der Waals surface area (Å²) < 4.78 is 5.19. The molecule has 1 aromatic rings. The van der Waals surface area contributed by atoms with Gasteiger partial charge in [-0.1, -0.05) is 29.8 Å². The van der Waals surface area contributed by atoms with Gasteiger partial charge in [-0.05, 0) is 46.6 Å². The van der Waals surface area contributed by atoms with Crippen LogP contribution in [0.1, 0.15) is 38.8 Å². The minimum absolute atomic E-state index is 0. The largest absolute Gasteiger partial charge is 0.444 e. The zero-order valence-electron chi connectivity index (χ0n) is 16.5. The maximum atomic E-state index is 11.6. The zero-order chi connectivity index (χ0) is 18.7. The van der Waals surface area contributed by atoms with Crippen LogP contribution < -0.4 is 16.0 Å². The third-order valence-corrected chi connectivity index (χ3v) is 3.18. The van der Waals surface area contributed by atoms with E-state index >= 15 is 0 Å². The number of alkyl carbamates (subject to hydrolysis) is 1. The van der Waals surface area contributed by atoms with Crippen LogP contribution in [0, 0.1) is 6.92 Å². The molecule has 0 heterocycles. The van der Waals surface area contributed by atoms with Crippen molar-refractivity contribution in [3.63, 3.8) is 0 Å². The van der Waals surface area contributed by atoms with Crippen LogP contribution in [0.15, 0.2) is 29.3 Å². The maximum absolute atomic E-state index is 11.6. The molecule has 0 aromatic heterocycles. The van der Waals surface area contributed by atoms with Crippen LogP contribution in [0.3, 0.4) is 0 Å². The van der Waals surface area contributed by atoms with Gasteiger partial charge in [0.05, 0.1) is 0 Å². The Balaban J connectivity index is 0.00000625. The number of guanidine groups is 1. The molecule has 0 spiro atoms. The molecule has 1 rings (SSSR count). The first-order valence-electron chi connectivity index (χ1n) is 8.84. The van der Waals surface area contributed by atoms with E-state index in [-0.39, 0.29) is 24.0 Å². The van der Waals surface area contributed by atoms with Gasteiger partial charge in [0.2, 0.25) is 0 Å². The number of ether oxygens (including phenoxy) is 1. The van der Waals surface area contributed by atoms with Crippen LogP contribution >= 0.6 is 24.0 Å². The molecular formula is C19H33IN4O2. The fourth-order valence-electron chi connectivity index (χ4n) is 2.17. The van der Waals surface area contributed by atoms with Crippen molar-refractivity contribution in [2.45, 2.75) is 46.6 Å². The zero-order valence-corrected chi connectivity index (χ0v) is 18.8. The molecule has 0 unspecified atom stereocenters. The minimum Gasteiger partial charge on any atom is -0.444 e. The summed E-state index contributed by atoms with van der Waals surface area (Å²) in [5.41, 5.74) is 2.06. The first-order chi connectivity index (χ1) is 11.8. The van der Waals surface area contributed by atoms with Gasteiger partial charge in [0.1, 0.15) is 5.60 Å². The summed E-state index contributed by atoms with van der Waals surface area (Å²) in [5.74, 6) is 0.751. The average molecular weight is 476 g/mol. The third kappa shape index (κ3) is 11.9. The summed E-state index contributed by atoms with van der Waals surface area (Å²) >= 11 is 0. The number of halogens is 1. The Hall–Kier alpha value is -1.51. The molecule has 6 nitrogen and oxygen atoms in total. The lowest BCUT2D eigenvalue weighted by Gasteiger charge is -2.19. The van der Waals surface area contributed by atoms with Gasteiger partial charge in [-0.15, -0.1) is 24.0 Å². The van der Waals surface area contributed by atoms with E-state index in [0.717, 1.165) is 18.9 Å². The van der Waals surface area contributed by atoms with Gasteiger partial charge in [0.15, 0.2) is 5.96 Å². The van der Waals surface area contributed by atoms with Gasteiger partial charge in [-0.25, -0.2) is 4.79 Å². The van der Waals surface area contributed by atoms with Crippen molar-refractivity contribution in [1.82, 2.24) is 16.0 Å². The lowest BCUT2D eigenvalue weighted by Crippen LogP contribution is -2.42. The topological polar surface area (TPSA) is 74.8 Å². The number of aryl methyl sites for hydroxylation is 1. The molecule has 3 N–H and O–H groups in total. The first kappa shape index (κ1) is 24.5. The molecule has 0 aliphatic carbocycles. The van der Waals surface area contributed by atoms with Crippen LogP contribution in [0.4, 0.5) is 4.79 Å². The van der Waals surface area contributed by atoms with Gasteiger partial charge in [0, 0.05) is 26.2 Å². The van der Waals surface area contributed by atoms with Crippen molar-refractivity contribution in [1.29, 1.82) is 0 Å². The molecule has 7 heteroatoms. The Bertz CT molecular complexity index is 571. The van der Waals surface area contributed by atoms with Crippen LogP contribution in [-0.4, -0.2) is 43.8 Å². The Morgan fingerprint density at radius 3 is 2.46 bits per heavy atom. The normalized spacial score (nSPS) is 11.3. The number of amides is 1. The predicted octanol–water partition coefficient (Wildman–Crippen LogP) is 3.24. The number of hydrogen-bond donors (Lipinski definition) is 3. The summed E-state index contributed by atoms with van der Waals surface area (Å²) in [6.45, 7) is 12.2. The molecule has 0 atom stereocenters. The number of hydrogen-bond acceptors (Lipinski definition) is 3. The van der Waals surface area contributed by atoms with E-state index in [1.54, 1.807) is 0 Å². The second-order valence-electron chi connectivity index (χ2n) is 6.86. The summed E-state index contributed by atoms with van der Waals surface area (Å²) in [4.78, 5) is 16.1. The second-order valence-corrected chi connectivity index (χ2v) is 6.86. The van der Waals surface area contributed by atoms with Crippen molar-refractivity contribution < 1.29 is 9.53 Å². The predicted molar refractivity (Wildman–Crippen MR) is 119 cm³/mol. The third-order valence-electron chi connectivity index (χ3n) is 3.18. The van der Waals surface area contributed by atoms with Crippen LogP contribution in [0.25, 0.3) is 0 Å². The summed E-state index contributed by atoms with van der Waals surface area (Å²) in [6, 6.07) is 8.46. The molecule has 0 bridgehead atoms. The smallest absolute Gasteiger partial charge is 0.407 e. The highest BCUT2D eigenvalue weighted by Gasteiger charge is 2.15. The number of benzene rings is 1. The van der Waals surface area contributed by atoms with Gasteiger partial charge >= 0.3 is 6.09 Å². The average Bonchev–Trinajstić information content (AvgIpc) is 2.50. The van der Waals surface area contributed by atoms with E-state index in [4.69, 9.17) is 4.74 Å².